The first-order valence-electron chi connectivity index (χ1n) is 7.43. The number of aryl methyl sites for hydroxylation is 1. The summed E-state index contributed by atoms with van der Waals surface area (Å²) in [5.41, 5.74) is 0.498. The second kappa shape index (κ2) is 6.22. The van der Waals surface area contributed by atoms with Gasteiger partial charge in [-0.15, -0.1) is 0 Å². The van der Waals surface area contributed by atoms with Crippen molar-refractivity contribution < 1.29 is 8.42 Å². The Morgan fingerprint density at radius 3 is 2.43 bits per heavy atom. The number of aromatic amines is 1. The highest BCUT2D eigenvalue weighted by Gasteiger charge is 2.36. The van der Waals surface area contributed by atoms with E-state index in [1.54, 1.807) is 6.92 Å². The van der Waals surface area contributed by atoms with Crippen LogP contribution in [0.25, 0.3) is 0 Å². The molecule has 1 aliphatic rings. The summed E-state index contributed by atoms with van der Waals surface area (Å²) in [5.74, 6) is 0.553. The van der Waals surface area contributed by atoms with Crippen LogP contribution >= 0.6 is 11.3 Å². The molecule has 1 fully saturated rings. The molecule has 1 aromatic rings. The highest BCUT2D eigenvalue weighted by atomic mass is 32.2. The second-order valence-electron chi connectivity index (χ2n) is 6.56. The minimum Gasteiger partial charge on any atom is -0.315 e. The fourth-order valence-electron chi connectivity index (χ4n) is 3.40. The van der Waals surface area contributed by atoms with E-state index in [2.05, 4.69) is 23.6 Å². The number of H-pyrrole nitrogens is 1. The van der Waals surface area contributed by atoms with Crippen molar-refractivity contribution in [2.75, 3.05) is 6.54 Å². The van der Waals surface area contributed by atoms with Crippen molar-refractivity contribution in [2.24, 2.45) is 11.3 Å². The van der Waals surface area contributed by atoms with Crippen LogP contribution in [0.15, 0.2) is 9.00 Å². The van der Waals surface area contributed by atoms with Crippen molar-refractivity contribution in [1.82, 2.24) is 9.71 Å². The first-order chi connectivity index (χ1) is 9.74. The molecule has 0 bridgehead atoms. The third kappa shape index (κ3) is 3.96. The summed E-state index contributed by atoms with van der Waals surface area (Å²) >= 11 is 0.755. The largest absolute Gasteiger partial charge is 0.315 e. The van der Waals surface area contributed by atoms with Crippen LogP contribution in [0.1, 0.15) is 51.6 Å². The maximum atomic E-state index is 12.4. The van der Waals surface area contributed by atoms with Crippen LogP contribution in [0.5, 0.6) is 0 Å². The fraction of sp³-hybridized carbons (Fsp3) is 0.786. The minimum atomic E-state index is -3.59. The average molecular weight is 332 g/mol. The summed E-state index contributed by atoms with van der Waals surface area (Å²) in [7, 11) is -3.59. The molecule has 1 aromatic heterocycles. The van der Waals surface area contributed by atoms with Gasteiger partial charge >= 0.3 is 4.87 Å². The summed E-state index contributed by atoms with van der Waals surface area (Å²) < 4.78 is 27.6. The van der Waals surface area contributed by atoms with E-state index < -0.39 is 10.0 Å². The lowest BCUT2D eigenvalue weighted by atomic mass is 9.79. The normalized spacial score (nSPS) is 18.5. The molecule has 120 valence electrons. The smallest absolute Gasteiger partial charge is 0.305 e. The molecule has 0 radical (unpaired) electrons. The Labute approximate surface area is 130 Å². The first-order valence-corrected chi connectivity index (χ1v) is 9.73. The summed E-state index contributed by atoms with van der Waals surface area (Å²) in [5, 5.41) is 0. The van der Waals surface area contributed by atoms with Crippen molar-refractivity contribution in [3.63, 3.8) is 0 Å². The quantitative estimate of drug-likeness (QED) is 0.840. The first kappa shape index (κ1) is 16.7. The number of hydrogen-bond acceptors (Lipinski definition) is 4. The van der Waals surface area contributed by atoms with Crippen molar-refractivity contribution in [2.45, 2.75) is 57.1 Å². The zero-order valence-corrected chi connectivity index (χ0v) is 14.5. The Kier molecular flexibility index (Phi) is 4.95. The van der Waals surface area contributed by atoms with E-state index in [0.29, 0.717) is 18.2 Å². The molecule has 0 unspecified atom stereocenters. The topological polar surface area (TPSA) is 79.0 Å². The third-order valence-electron chi connectivity index (χ3n) is 4.17. The van der Waals surface area contributed by atoms with Crippen molar-refractivity contribution in [3.8, 4) is 0 Å². The number of sulfonamides is 1. The van der Waals surface area contributed by atoms with E-state index in [0.717, 1.165) is 30.6 Å². The number of thiazole rings is 1. The maximum Gasteiger partial charge on any atom is 0.305 e. The van der Waals surface area contributed by atoms with Gasteiger partial charge in [0, 0.05) is 12.2 Å². The standard InChI is InChI=1S/C14H24N2O3S2/c1-10(2)8-14(6-4-5-7-14)9-15-21(18,19)12-11(3)16-13(17)20-12/h10,15H,4-9H2,1-3H3,(H,16,17). The zero-order chi connectivity index (χ0) is 15.7. The van der Waals surface area contributed by atoms with Crippen LogP contribution in [0, 0.1) is 18.3 Å². The van der Waals surface area contributed by atoms with E-state index in [9.17, 15) is 13.2 Å². The highest BCUT2D eigenvalue weighted by Crippen LogP contribution is 2.42. The van der Waals surface area contributed by atoms with Crippen LogP contribution in [0.4, 0.5) is 0 Å². The zero-order valence-electron chi connectivity index (χ0n) is 12.9. The number of rotatable bonds is 6. The Balaban J connectivity index is 2.13. The van der Waals surface area contributed by atoms with Crippen molar-refractivity contribution in [3.05, 3.63) is 15.4 Å². The Bertz CT molecular complexity index is 637. The molecular weight excluding hydrogens is 308 g/mol. The van der Waals surface area contributed by atoms with E-state index in [1.165, 1.54) is 12.8 Å². The van der Waals surface area contributed by atoms with Crippen LogP contribution in [-0.2, 0) is 10.0 Å². The monoisotopic (exact) mass is 332 g/mol. The van der Waals surface area contributed by atoms with Gasteiger partial charge < -0.3 is 4.98 Å². The number of nitrogens with one attached hydrogen (secondary N) is 2. The van der Waals surface area contributed by atoms with Gasteiger partial charge in [-0.1, -0.05) is 38.0 Å². The lowest BCUT2D eigenvalue weighted by molar-refractivity contribution is 0.236. The molecule has 1 aliphatic carbocycles. The summed E-state index contributed by atoms with van der Waals surface area (Å²) in [6.45, 7) is 6.44. The molecule has 0 spiro atoms. The molecule has 0 aliphatic heterocycles. The Hall–Kier alpha value is -0.660. The van der Waals surface area contributed by atoms with Crippen LogP contribution in [0.3, 0.4) is 0 Å². The van der Waals surface area contributed by atoms with E-state index in [-0.39, 0.29) is 14.5 Å². The summed E-state index contributed by atoms with van der Waals surface area (Å²) in [6.07, 6.45) is 5.54. The van der Waals surface area contributed by atoms with E-state index >= 15 is 0 Å². The molecule has 2 rings (SSSR count). The number of aromatic nitrogens is 1. The van der Waals surface area contributed by atoms with Crippen LogP contribution in [-0.4, -0.2) is 19.9 Å². The second-order valence-corrected chi connectivity index (χ2v) is 9.50. The minimum absolute atomic E-state index is 0.0798. The number of hydrogen-bond donors (Lipinski definition) is 2. The molecular formula is C14H24N2O3S2. The third-order valence-corrected chi connectivity index (χ3v) is 7.17. The van der Waals surface area contributed by atoms with Gasteiger partial charge in [0.15, 0.2) is 4.21 Å². The molecule has 0 atom stereocenters. The lowest BCUT2D eigenvalue weighted by Crippen LogP contribution is -2.36. The van der Waals surface area contributed by atoms with Crippen LogP contribution in [0.2, 0.25) is 0 Å². The van der Waals surface area contributed by atoms with Gasteiger partial charge in [0.05, 0.1) is 0 Å². The van der Waals surface area contributed by atoms with Crippen LogP contribution < -0.4 is 9.60 Å². The van der Waals surface area contributed by atoms with Gasteiger partial charge in [0.25, 0.3) is 10.0 Å². The van der Waals surface area contributed by atoms with E-state index in [4.69, 9.17) is 0 Å². The lowest BCUT2D eigenvalue weighted by Gasteiger charge is -2.31. The molecule has 21 heavy (non-hydrogen) atoms. The molecule has 0 amide bonds. The van der Waals surface area contributed by atoms with Gasteiger partial charge in [0.2, 0.25) is 0 Å². The molecule has 7 heteroatoms. The predicted molar refractivity (Wildman–Crippen MR) is 85.2 cm³/mol. The summed E-state index contributed by atoms with van der Waals surface area (Å²) in [4.78, 5) is 13.5. The maximum absolute atomic E-state index is 12.4. The molecule has 1 heterocycles. The molecule has 5 nitrogen and oxygen atoms in total. The van der Waals surface area contributed by atoms with E-state index in [1.807, 2.05) is 0 Å². The molecule has 0 aromatic carbocycles. The highest BCUT2D eigenvalue weighted by molar-refractivity contribution is 7.91. The van der Waals surface area contributed by atoms with Gasteiger partial charge in [-0.25, -0.2) is 13.1 Å². The summed E-state index contributed by atoms with van der Waals surface area (Å²) in [6, 6.07) is 0. The Morgan fingerprint density at radius 2 is 1.95 bits per heavy atom. The average Bonchev–Trinajstić information content (AvgIpc) is 2.94. The molecule has 0 saturated heterocycles. The van der Waals surface area contributed by atoms with Gasteiger partial charge in [0.1, 0.15) is 0 Å². The van der Waals surface area contributed by atoms with Gasteiger partial charge in [-0.3, -0.25) is 4.79 Å². The van der Waals surface area contributed by atoms with Gasteiger partial charge in [-0.05, 0) is 37.5 Å². The molecule has 2 N–H and O–H groups in total. The Morgan fingerprint density at radius 1 is 1.33 bits per heavy atom. The fourth-order valence-corrected chi connectivity index (χ4v) is 5.91. The van der Waals surface area contributed by atoms with Crippen molar-refractivity contribution >= 4 is 21.4 Å². The van der Waals surface area contributed by atoms with Crippen molar-refractivity contribution in [1.29, 1.82) is 0 Å². The molecule has 1 saturated carbocycles. The predicted octanol–water partition coefficient (Wildman–Crippen LogP) is 2.63. The SMILES string of the molecule is Cc1[nH]c(=O)sc1S(=O)(=O)NCC1(CC(C)C)CCCC1. The van der Waals surface area contributed by atoms with Gasteiger partial charge in [-0.2, -0.15) is 0 Å².